The second-order valence-electron chi connectivity index (χ2n) is 7.54. The summed E-state index contributed by atoms with van der Waals surface area (Å²) in [6.45, 7) is 7.41. The Labute approximate surface area is 150 Å². The molecule has 9 heteroatoms. The highest BCUT2D eigenvalue weighted by Crippen LogP contribution is 2.30. The fraction of sp³-hybridized carbons (Fsp3) is 0.471. The van der Waals surface area contributed by atoms with Crippen molar-refractivity contribution in [1.29, 1.82) is 0 Å². The number of nitrogens with zero attached hydrogens (tertiary/aromatic N) is 7. The predicted octanol–water partition coefficient (Wildman–Crippen LogP) is 1.58. The number of anilines is 1. The molecular formula is C17H21N7O2. The molecular weight excluding hydrogens is 334 g/mol. The molecule has 0 spiro atoms. The van der Waals surface area contributed by atoms with Crippen molar-refractivity contribution in [3.8, 4) is 0 Å². The molecule has 0 amide bonds. The number of carboxylic acids is 1. The lowest BCUT2D eigenvalue weighted by molar-refractivity contribution is 0.0688. The normalized spacial score (nSPS) is 14.7. The van der Waals surface area contributed by atoms with Crippen LogP contribution in [0.4, 0.5) is 5.82 Å². The fourth-order valence-electron chi connectivity index (χ4n) is 3.52. The Hall–Kier alpha value is -2.97. The highest BCUT2D eigenvalue weighted by atomic mass is 16.4. The van der Waals surface area contributed by atoms with Crippen LogP contribution in [-0.4, -0.2) is 47.1 Å². The third-order valence-electron chi connectivity index (χ3n) is 4.72. The van der Waals surface area contributed by atoms with Crippen molar-refractivity contribution < 1.29 is 9.90 Å². The Morgan fingerprint density at radius 1 is 1.27 bits per heavy atom. The number of hydrogen-bond acceptors (Lipinski definition) is 6. The molecule has 0 fully saturated rings. The van der Waals surface area contributed by atoms with Crippen LogP contribution >= 0.6 is 0 Å². The minimum Gasteiger partial charge on any atom is -0.476 e. The van der Waals surface area contributed by atoms with E-state index in [1.165, 1.54) is 0 Å². The summed E-state index contributed by atoms with van der Waals surface area (Å²) in [7, 11) is 1.79. The number of carboxylic acid groups (broad SMARTS) is 1. The van der Waals surface area contributed by atoms with E-state index in [0.29, 0.717) is 13.0 Å². The average molecular weight is 355 g/mol. The summed E-state index contributed by atoms with van der Waals surface area (Å²) in [5.41, 5.74) is 2.42. The molecule has 26 heavy (non-hydrogen) atoms. The van der Waals surface area contributed by atoms with Gasteiger partial charge in [-0.15, -0.1) is 0 Å². The molecule has 0 atom stereocenters. The van der Waals surface area contributed by atoms with E-state index in [-0.39, 0.29) is 11.2 Å². The van der Waals surface area contributed by atoms with Crippen molar-refractivity contribution in [2.24, 2.45) is 7.05 Å². The highest BCUT2D eigenvalue weighted by molar-refractivity contribution is 5.89. The van der Waals surface area contributed by atoms with Crippen LogP contribution in [0.5, 0.6) is 0 Å². The lowest BCUT2D eigenvalue weighted by atomic mass is 10.0. The van der Waals surface area contributed by atoms with Crippen molar-refractivity contribution >= 4 is 22.8 Å². The van der Waals surface area contributed by atoms with Crippen molar-refractivity contribution in [3.05, 3.63) is 29.5 Å². The maximum atomic E-state index is 11.5. The molecule has 0 saturated heterocycles. The highest BCUT2D eigenvalue weighted by Gasteiger charge is 2.29. The maximum Gasteiger partial charge on any atom is 0.356 e. The molecule has 0 saturated carbocycles. The summed E-state index contributed by atoms with van der Waals surface area (Å²) >= 11 is 0. The van der Waals surface area contributed by atoms with Crippen LogP contribution in [0.3, 0.4) is 0 Å². The zero-order chi connectivity index (χ0) is 18.6. The molecule has 1 aliphatic heterocycles. The smallest absolute Gasteiger partial charge is 0.356 e. The van der Waals surface area contributed by atoms with Crippen LogP contribution < -0.4 is 4.90 Å². The van der Waals surface area contributed by atoms with Crippen LogP contribution in [0.15, 0.2) is 12.5 Å². The van der Waals surface area contributed by atoms with E-state index < -0.39 is 5.97 Å². The number of hydrogen-bond donors (Lipinski definition) is 1. The summed E-state index contributed by atoms with van der Waals surface area (Å²) in [6, 6.07) is 0. The number of carbonyl (C=O) groups is 1. The summed E-state index contributed by atoms with van der Waals surface area (Å²) in [6.07, 6.45) is 4.04. The summed E-state index contributed by atoms with van der Waals surface area (Å²) in [4.78, 5) is 22.5. The molecule has 9 nitrogen and oxygen atoms in total. The van der Waals surface area contributed by atoms with Crippen molar-refractivity contribution in [1.82, 2.24) is 29.5 Å². The first kappa shape index (κ1) is 16.5. The Balaban J connectivity index is 1.78. The number of aromatic carboxylic acids is 1. The minimum atomic E-state index is -1.00. The van der Waals surface area contributed by atoms with Crippen LogP contribution in [-0.2, 0) is 25.6 Å². The molecule has 1 aliphatic rings. The molecule has 0 aliphatic carbocycles. The van der Waals surface area contributed by atoms with Gasteiger partial charge in [-0.2, -0.15) is 10.2 Å². The average Bonchev–Trinajstić information content (AvgIpc) is 3.15. The topological polar surface area (TPSA) is 102 Å². The van der Waals surface area contributed by atoms with Gasteiger partial charge in [-0.25, -0.2) is 19.4 Å². The van der Waals surface area contributed by atoms with Gasteiger partial charge in [0, 0.05) is 37.8 Å². The van der Waals surface area contributed by atoms with Crippen LogP contribution in [0.25, 0.3) is 11.0 Å². The third-order valence-corrected chi connectivity index (χ3v) is 4.72. The van der Waals surface area contributed by atoms with Gasteiger partial charge in [0.2, 0.25) is 0 Å². The molecule has 0 unspecified atom stereocenters. The largest absolute Gasteiger partial charge is 0.476 e. The van der Waals surface area contributed by atoms with Gasteiger partial charge in [0.1, 0.15) is 12.1 Å². The number of aryl methyl sites for hydroxylation is 1. The Morgan fingerprint density at radius 2 is 2.04 bits per heavy atom. The molecule has 0 radical (unpaired) electrons. The van der Waals surface area contributed by atoms with Crippen LogP contribution in [0.1, 0.15) is 42.5 Å². The first-order valence-corrected chi connectivity index (χ1v) is 8.49. The Kier molecular flexibility index (Phi) is 3.50. The quantitative estimate of drug-likeness (QED) is 0.744. The summed E-state index contributed by atoms with van der Waals surface area (Å²) < 4.78 is 3.55. The Bertz CT molecular complexity index is 1010. The van der Waals surface area contributed by atoms with Gasteiger partial charge in [-0.3, -0.25) is 4.68 Å². The van der Waals surface area contributed by atoms with E-state index in [0.717, 1.165) is 34.7 Å². The van der Waals surface area contributed by atoms with Crippen LogP contribution in [0, 0.1) is 0 Å². The van der Waals surface area contributed by atoms with Gasteiger partial charge < -0.3 is 10.0 Å². The first-order valence-electron chi connectivity index (χ1n) is 8.49. The van der Waals surface area contributed by atoms with Gasteiger partial charge in [0.15, 0.2) is 11.3 Å². The lowest BCUT2D eigenvalue weighted by Crippen LogP contribution is -2.32. The molecule has 1 N–H and O–H groups in total. The number of aromatic nitrogens is 6. The van der Waals surface area contributed by atoms with Crippen LogP contribution in [0.2, 0.25) is 0 Å². The standard InChI is InChI=1S/C17H21N7O2/c1-17(2,3)24-15-10(7-20-24)14(18-9-19-15)23-6-5-12-11(8-23)13(16(25)26)21-22(12)4/h7,9H,5-6,8H2,1-4H3,(H,25,26). The molecule has 3 aromatic heterocycles. The van der Waals surface area contributed by atoms with Gasteiger partial charge in [0.05, 0.1) is 17.1 Å². The lowest BCUT2D eigenvalue weighted by Gasteiger charge is -2.28. The van der Waals surface area contributed by atoms with E-state index >= 15 is 0 Å². The molecule has 136 valence electrons. The monoisotopic (exact) mass is 355 g/mol. The van der Waals surface area contributed by atoms with Crippen molar-refractivity contribution in [3.63, 3.8) is 0 Å². The molecule has 0 aromatic carbocycles. The maximum absolute atomic E-state index is 11.5. The van der Waals surface area contributed by atoms with Gasteiger partial charge in [0.25, 0.3) is 0 Å². The van der Waals surface area contributed by atoms with Gasteiger partial charge in [-0.1, -0.05) is 0 Å². The minimum absolute atomic E-state index is 0.114. The second-order valence-corrected chi connectivity index (χ2v) is 7.54. The zero-order valence-corrected chi connectivity index (χ0v) is 15.3. The molecule has 0 bridgehead atoms. The third kappa shape index (κ3) is 2.42. The summed E-state index contributed by atoms with van der Waals surface area (Å²) in [5.74, 6) is -0.228. The molecule has 4 heterocycles. The Morgan fingerprint density at radius 3 is 2.73 bits per heavy atom. The van der Waals surface area contributed by atoms with E-state index in [4.69, 9.17) is 0 Å². The van der Waals surface area contributed by atoms with Crippen molar-refractivity contribution in [2.45, 2.75) is 39.3 Å². The van der Waals surface area contributed by atoms with E-state index in [9.17, 15) is 9.90 Å². The molecule has 3 aromatic rings. The second kappa shape index (κ2) is 5.52. The van der Waals surface area contributed by atoms with E-state index in [1.54, 1.807) is 24.3 Å². The zero-order valence-electron chi connectivity index (χ0n) is 15.3. The molecule has 4 rings (SSSR count). The van der Waals surface area contributed by atoms with E-state index in [2.05, 4.69) is 45.8 Å². The van der Waals surface area contributed by atoms with Gasteiger partial charge in [-0.05, 0) is 20.8 Å². The number of rotatable bonds is 2. The first-order chi connectivity index (χ1) is 12.3. The summed E-state index contributed by atoms with van der Waals surface area (Å²) in [5, 5.41) is 19.0. The predicted molar refractivity (Wildman–Crippen MR) is 95.2 cm³/mol. The fourth-order valence-corrected chi connectivity index (χ4v) is 3.52. The SMILES string of the molecule is Cn1nc(C(=O)O)c2c1CCN(c1ncnc3c1cnn3C(C)(C)C)C2. The van der Waals surface area contributed by atoms with Gasteiger partial charge >= 0.3 is 5.97 Å². The van der Waals surface area contributed by atoms with Crippen molar-refractivity contribution in [2.75, 3.05) is 11.4 Å². The van der Waals surface area contributed by atoms with E-state index in [1.807, 2.05) is 4.68 Å². The number of fused-ring (bicyclic) bond motifs is 2.